The maximum absolute atomic E-state index is 12.5. The number of rotatable bonds is 0. The zero-order valence-electron chi connectivity index (χ0n) is 10.6. The molecule has 1 spiro atoms. The van der Waals surface area contributed by atoms with Crippen molar-refractivity contribution in [3.8, 4) is 0 Å². The van der Waals surface area contributed by atoms with Crippen molar-refractivity contribution in [2.75, 3.05) is 5.32 Å². The van der Waals surface area contributed by atoms with Crippen molar-refractivity contribution in [1.29, 1.82) is 0 Å². The van der Waals surface area contributed by atoms with E-state index in [1.807, 2.05) is 48.5 Å². The van der Waals surface area contributed by atoms with Gasteiger partial charge in [0, 0.05) is 28.1 Å². The molecule has 0 aromatic heterocycles. The van der Waals surface area contributed by atoms with Gasteiger partial charge in [-0.3, -0.25) is 9.59 Å². The van der Waals surface area contributed by atoms with E-state index in [4.69, 9.17) is 0 Å². The predicted molar refractivity (Wildman–Crippen MR) is 78.0 cm³/mol. The number of amides is 1. The summed E-state index contributed by atoms with van der Waals surface area (Å²) in [6, 6.07) is 15.1. The van der Waals surface area contributed by atoms with Gasteiger partial charge in [0.25, 0.3) is 0 Å². The molecule has 2 aromatic rings. The van der Waals surface area contributed by atoms with E-state index >= 15 is 0 Å². The molecule has 1 N–H and O–H groups in total. The summed E-state index contributed by atoms with van der Waals surface area (Å²) in [6.45, 7) is 0. The first-order valence-electron chi connectivity index (χ1n) is 6.43. The van der Waals surface area contributed by atoms with Gasteiger partial charge in [-0.15, -0.1) is 11.8 Å². The van der Waals surface area contributed by atoms with Crippen molar-refractivity contribution in [1.82, 2.24) is 0 Å². The first kappa shape index (κ1) is 11.7. The smallest absolute Gasteiger partial charge is 0.246 e. The Kier molecular flexibility index (Phi) is 2.32. The third-order valence-electron chi connectivity index (χ3n) is 3.86. The van der Waals surface area contributed by atoms with Crippen molar-refractivity contribution in [2.45, 2.75) is 16.1 Å². The number of para-hydroxylation sites is 1. The molecule has 0 aliphatic carbocycles. The quantitative estimate of drug-likeness (QED) is 0.806. The average molecular weight is 281 g/mol. The van der Waals surface area contributed by atoms with Crippen LogP contribution in [-0.2, 0) is 9.54 Å². The number of thioether (sulfide) groups is 1. The van der Waals surface area contributed by atoms with Gasteiger partial charge in [-0.05, 0) is 12.1 Å². The fourth-order valence-electron chi connectivity index (χ4n) is 2.90. The second kappa shape index (κ2) is 3.96. The van der Waals surface area contributed by atoms with E-state index in [9.17, 15) is 9.59 Å². The normalized spacial score (nSPS) is 23.4. The molecule has 2 aliphatic rings. The van der Waals surface area contributed by atoms with E-state index in [2.05, 4.69) is 5.32 Å². The number of hydrogen-bond donors (Lipinski definition) is 1. The number of anilines is 1. The van der Waals surface area contributed by atoms with Gasteiger partial charge in [0.15, 0.2) is 5.78 Å². The van der Waals surface area contributed by atoms with Crippen LogP contribution < -0.4 is 5.32 Å². The highest BCUT2D eigenvalue weighted by atomic mass is 32.2. The molecule has 4 heteroatoms. The van der Waals surface area contributed by atoms with Crippen LogP contribution in [-0.4, -0.2) is 11.7 Å². The van der Waals surface area contributed by atoms with E-state index in [0.29, 0.717) is 0 Å². The first-order valence-corrected chi connectivity index (χ1v) is 7.24. The van der Waals surface area contributed by atoms with E-state index in [0.717, 1.165) is 21.7 Å². The van der Waals surface area contributed by atoms with Crippen LogP contribution >= 0.6 is 11.8 Å². The van der Waals surface area contributed by atoms with Crippen LogP contribution in [0, 0.1) is 0 Å². The lowest BCUT2D eigenvalue weighted by molar-refractivity contribution is -0.118. The van der Waals surface area contributed by atoms with E-state index in [-0.39, 0.29) is 18.1 Å². The van der Waals surface area contributed by atoms with Crippen LogP contribution in [0.1, 0.15) is 22.3 Å². The van der Waals surface area contributed by atoms with Crippen molar-refractivity contribution in [3.05, 3.63) is 59.7 Å². The topological polar surface area (TPSA) is 46.2 Å². The summed E-state index contributed by atoms with van der Waals surface area (Å²) >= 11 is 1.49. The van der Waals surface area contributed by atoms with Gasteiger partial charge in [-0.25, -0.2) is 0 Å². The maximum Gasteiger partial charge on any atom is 0.246 e. The van der Waals surface area contributed by atoms with E-state index in [1.54, 1.807) is 0 Å². The SMILES string of the molecule is O=C1CC2(Sc3ccccc31)C(=O)Nc1ccccc12. The lowest BCUT2D eigenvalue weighted by Crippen LogP contribution is -2.36. The van der Waals surface area contributed by atoms with Gasteiger partial charge in [0.1, 0.15) is 4.75 Å². The highest BCUT2D eigenvalue weighted by molar-refractivity contribution is 8.01. The number of Topliss-reactive ketones (excluding diaryl/α,β-unsaturated/α-hetero) is 1. The number of ketones is 1. The first-order chi connectivity index (χ1) is 9.71. The molecule has 0 bridgehead atoms. The molecular weight excluding hydrogens is 270 g/mol. The number of hydrogen-bond acceptors (Lipinski definition) is 3. The Morgan fingerprint density at radius 3 is 2.65 bits per heavy atom. The van der Waals surface area contributed by atoms with Crippen LogP contribution in [0.3, 0.4) is 0 Å². The molecule has 4 rings (SSSR count). The van der Waals surface area contributed by atoms with Gasteiger partial charge < -0.3 is 5.32 Å². The third kappa shape index (κ3) is 1.42. The fourth-order valence-corrected chi connectivity index (χ4v) is 4.35. The summed E-state index contributed by atoms with van der Waals surface area (Å²) in [5.41, 5.74) is 2.45. The second-order valence-electron chi connectivity index (χ2n) is 5.02. The highest BCUT2D eigenvalue weighted by Gasteiger charge is 2.51. The monoisotopic (exact) mass is 281 g/mol. The Morgan fingerprint density at radius 2 is 1.75 bits per heavy atom. The van der Waals surface area contributed by atoms with Gasteiger partial charge in [0.05, 0.1) is 0 Å². The van der Waals surface area contributed by atoms with Crippen molar-refractivity contribution in [3.63, 3.8) is 0 Å². The molecule has 20 heavy (non-hydrogen) atoms. The highest BCUT2D eigenvalue weighted by Crippen LogP contribution is 2.54. The standard InChI is InChI=1S/C16H11NO2S/c18-13-9-16(20-14-8-4-1-5-10(13)14)11-6-2-3-7-12(11)17-15(16)19/h1-8H,9H2,(H,17,19). The van der Waals surface area contributed by atoms with Gasteiger partial charge in [0.2, 0.25) is 5.91 Å². The minimum atomic E-state index is -0.804. The van der Waals surface area contributed by atoms with Gasteiger partial charge >= 0.3 is 0 Å². The Labute approximate surface area is 120 Å². The van der Waals surface area contributed by atoms with E-state index < -0.39 is 4.75 Å². The molecule has 98 valence electrons. The maximum atomic E-state index is 12.5. The molecule has 2 aromatic carbocycles. The molecule has 0 saturated heterocycles. The molecule has 1 unspecified atom stereocenters. The minimum absolute atomic E-state index is 0.0335. The number of nitrogens with one attached hydrogen (secondary N) is 1. The molecule has 2 aliphatic heterocycles. The average Bonchev–Trinajstić information content (AvgIpc) is 2.72. The Morgan fingerprint density at radius 1 is 1.00 bits per heavy atom. The molecule has 2 heterocycles. The number of benzene rings is 2. The Hall–Kier alpha value is -2.07. The molecule has 3 nitrogen and oxygen atoms in total. The number of fused-ring (bicyclic) bond motifs is 3. The van der Waals surface area contributed by atoms with Gasteiger partial charge in [-0.1, -0.05) is 36.4 Å². The van der Waals surface area contributed by atoms with Crippen molar-refractivity contribution in [2.24, 2.45) is 0 Å². The number of carbonyl (C=O) groups excluding carboxylic acids is 2. The summed E-state index contributed by atoms with van der Waals surface area (Å²) in [5, 5.41) is 2.90. The Bertz CT molecular complexity index is 756. The molecule has 1 amide bonds. The van der Waals surface area contributed by atoms with Crippen LogP contribution in [0.4, 0.5) is 5.69 Å². The summed E-state index contributed by atoms with van der Waals surface area (Å²) in [6.07, 6.45) is 0.220. The zero-order chi connectivity index (χ0) is 13.7. The summed E-state index contributed by atoms with van der Waals surface area (Å²) in [7, 11) is 0. The molecule has 1 atom stereocenters. The lowest BCUT2D eigenvalue weighted by atomic mass is 9.91. The summed E-state index contributed by atoms with van der Waals surface area (Å²) < 4.78 is -0.804. The predicted octanol–water partition coefficient (Wildman–Crippen LogP) is 3.21. The molecule has 0 saturated carbocycles. The van der Waals surface area contributed by atoms with E-state index in [1.165, 1.54) is 11.8 Å². The zero-order valence-corrected chi connectivity index (χ0v) is 11.4. The summed E-state index contributed by atoms with van der Waals surface area (Å²) in [4.78, 5) is 25.8. The second-order valence-corrected chi connectivity index (χ2v) is 6.37. The molecule has 0 radical (unpaired) electrons. The summed E-state index contributed by atoms with van der Waals surface area (Å²) in [5.74, 6) is -0.0576. The largest absolute Gasteiger partial charge is 0.324 e. The van der Waals surface area contributed by atoms with Gasteiger partial charge in [-0.2, -0.15) is 0 Å². The minimum Gasteiger partial charge on any atom is -0.324 e. The third-order valence-corrected chi connectivity index (χ3v) is 5.33. The van der Waals surface area contributed by atoms with Crippen LogP contribution in [0.5, 0.6) is 0 Å². The van der Waals surface area contributed by atoms with Crippen LogP contribution in [0.25, 0.3) is 0 Å². The molecular formula is C16H11NO2S. The molecule has 0 fully saturated rings. The Balaban J connectivity index is 1.92. The van der Waals surface area contributed by atoms with Crippen molar-refractivity contribution < 1.29 is 9.59 Å². The lowest BCUT2D eigenvalue weighted by Gasteiger charge is -2.31. The van der Waals surface area contributed by atoms with Crippen molar-refractivity contribution >= 4 is 29.1 Å². The number of carbonyl (C=O) groups is 2. The van der Waals surface area contributed by atoms with Crippen LogP contribution in [0.2, 0.25) is 0 Å². The van der Waals surface area contributed by atoms with Crippen LogP contribution in [0.15, 0.2) is 53.4 Å². The fraction of sp³-hybridized carbons (Fsp3) is 0.125.